The molecule has 5 heteroatoms. The van der Waals surface area contributed by atoms with Gasteiger partial charge in [0.15, 0.2) is 0 Å². The van der Waals surface area contributed by atoms with Crippen LogP contribution >= 0.6 is 0 Å². The van der Waals surface area contributed by atoms with Crippen molar-refractivity contribution in [1.82, 2.24) is 15.1 Å². The van der Waals surface area contributed by atoms with Crippen molar-refractivity contribution in [2.75, 3.05) is 47.4 Å². The normalized spacial score (nSPS) is 22.5. The quantitative estimate of drug-likeness (QED) is 0.651. The van der Waals surface area contributed by atoms with Crippen LogP contribution in [0.1, 0.15) is 39.5 Å². The molecular weight excluding hydrogens is 266 g/mol. The zero-order chi connectivity index (χ0) is 15.9. The fourth-order valence-corrected chi connectivity index (χ4v) is 3.07. The molecule has 0 spiro atoms. The second kappa shape index (κ2) is 8.71. The number of carbonyl (C=O) groups excluding carboxylic acids is 1. The molecule has 1 heterocycles. The lowest BCUT2D eigenvalue weighted by Gasteiger charge is -2.32. The monoisotopic (exact) mass is 299 g/mol. The van der Waals surface area contributed by atoms with Gasteiger partial charge in [0.05, 0.1) is 7.11 Å². The number of nitrogens with one attached hydrogen (secondary N) is 1. The van der Waals surface area contributed by atoms with Crippen LogP contribution in [0.15, 0.2) is 0 Å². The van der Waals surface area contributed by atoms with E-state index in [4.69, 9.17) is 4.74 Å². The van der Waals surface area contributed by atoms with Gasteiger partial charge in [0.2, 0.25) is 0 Å². The summed E-state index contributed by atoms with van der Waals surface area (Å²) in [6.07, 6.45) is 4.33. The van der Waals surface area contributed by atoms with Crippen LogP contribution in [0, 0.1) is 0 Å². The van der Waals surface area contributed by atoms with Crippen molar-refractivity contribution in [3.63, 3.8) is 0 Å². The molecule has 0 aromatic rings. The van der Waals surface area contributed by atoms with Crippen LogP contribution in [0.4, 0.5) is 0 Å². The molecular formula is C16H33N3O2. The molecule has 5 nitrogen and oxygen atoms in total. The number of rotatable bonds is 9. The van der Waals surface area contributed by atoms with Crippen molar-refractivity contribution in [2.24, 2.45) is 0 Å². The van der Waals surface area contributed by atoms with Crippen molar-refractivity contribution in [1.29, 1.82) is 0 Å². The van der Waals surface area contributed by atoms with Crippen LogP contribution in [-0.4, -0.2) is 74.7 Å². The Bertz CT molecular complexity index is 323. The van der Waals surface area contributed by atoms with Gasteiger partial charge in [0.25, 0.3) is 0 Å². The highest BCUT2D eigenvalue weighted by Crippen LogP contribution is 2.21. The molecule has 0 aliphatic carbocycles. The Hall–Kier alpha value is -0.650. The number of likely N-dealkylation sites (tertiary alicyclic amines) is 1. The summed E-state index contributed by atoms with van der Waals surface area (Å²) in [6, 6.07) is 0.619. The minimum Gasteiger partial charge on any atom is -0.468 e. The Kier molecular flexibility index (Phi) is 7.63. The SMILES string of the molecule is CCCNC(C)(CCN1CCCC1CN(C)C)C(=O)OC. The summed E-state index contributed by atoms with van der Waals surface area (Å²) in [5.74, 6) is -0.153. The summed E-state index contributed by atoms with van der Waals surface area (Å²) < 4.78 is 4.99. The van der Waals surface area contributed by atoms with Crippen LogP contribution in [0.5, 0.6) is 0 Å². The van der Waals surface area contributed by atoms with Gasteiger partial charge in [0.1, 0.15) is 5.54 Å². The molecule has 1 aliphatic heterocycles. The molecule has 2 unspecified atom stereocenters. The van der Waals surface area contributed by atoms with E-state index in [1.54, 1.807) is 0 Å². The third-order valence-electron chi connectivity index (χ3n) is 4.38. The minimum absolute atomic E-state index is 0.153. The van der Waals surface area contributed by atoms with Gasteiger partial charge in [-0.2, -0.15) is 0 Å². The first-order valence-corrected chi connectivity index (χ1v) is 8.15. The van der Waals surface area contributed by atoms with Crippen LogP contribution in [0.25, 0.3) is 0 Å². The molecule has 0 amide bonds. The molecule has 0 aromatic carbocycles. The van der Waals surface area contributed by atoms with E-state index in [2.05, 4.69) is 36.1 Å². The molecule has 21 heavy (non-hydrogen) atoms. The third kappa shape index (κ3) is 5.57. The van der Waals surface area contributed by atoms with E-state index in [9.17, 15) is 4.79 Å². The first-order valence-electron chi connectivity index (χ1n) is 8.15. The van der Waals surface area contributed by atoms with E-state index in [-0.39, 0.29) is 5.97 Å². The fraction of sp³-hybridized carbons (Fsp3) is 0.938. The Labute approximate surface area is 130 Å². The average molecular weight is 299 g/mol. The van der Waals surface area contributed by atoms with Crippen LogP contribution in [-0.2, 0) is 9.53 Å². The third-order valence-corrected chi connectivity index (χ3v) is 4.38. The Morgan fingerprint density at radius 1 is 1.48 bits per heavy atom. The molecule has 0 saturated carbocycles. The summed E-state index contributed by atoms with van der Waals surface area (Å²) in [5, 5.41) is 3.36. The number of carbonyl (C=O) groups is 1. The van der Waals surface area contributed by atoms with E-state index in [0.29, 0.717) is 6.04 Å². The van der Waals surface area contributed by atoms with Crippen LogP contribution in [0.3, 0.4) is 0 Å². The number of ether oxygens (including phenoxy) is 1. The number of hydrogen-bond acceptors (Lipinski definition) is 5. The minimum atomic E-state index is -0.573. The van der Waals surface area contributed by atoms with Gasteiger partial charge in [0, 0.05) is 19.1 Å². The predicted octanol–water partition coefficient (Wildman–Crippen LogP) is 1.33. The Morgan fingerprint density at radius 3 is 2.76 bits per heavy atom. The van der Waals surface area contributed by atoms with Crippen LogP contribution in [0.2, 0.25) is 0 Å². The van der Waals surface area contributed by atoms with Gasteiger partial charge in [-0.1, -0.05) is 6.92 Å². The number of esters is 1. The predicted molar refractivity (Wildman–Crippen MR) is 86.5 cm³/mol. The molecule has 1 N–H and O–H groups in total. The van der Waals surface area contributed by atoms with E-state index in [0.717, 1.165) is 39.0 Å². The van der Waals surface area contributed by atoms with Crippen molar-refractivity contribution in [2.45, 2.75) is 51.1 Å². The second-order valence-electron chi connectivity index (χ2n) is 6.59. The smallest absolute Gasteiger partial charge is 0.325 e. The van der Waals surface area contributed by atoms with Gasteiger partial charge < -0.3 is 15.0 Å². The Balaban J connectivity index is 2.57. The number of likely N-dealkylation sites (N-methyl/N-ethyl adjacent to an activating group) is 1. The van der Waals surface area contributed by atoms with Gasteiger partial charge in [-0.3, -0.25) is 9.69 Å². The number of hydrogen-bond donors (Lipinski definition) is 1. The summed E-state index contributed by atoms with van der Waals surface area (Å²) in [4.78, 5) is 16.9. The maximum absolute atomic E-state index is 12.1. The van der Waals surface area contributed by atoms with E-state index >= 15 is 0 Å². The molecule has 1 rings (SSSR count). The van der Waals surface area contributed by atoms with Gasteiger partial charge >= 0.3 is 5.97 Å². The summed E-state index contributed by atoms with van der Waals surface area (Å²) >= 11 is 0. The van der Waals surface area contributed by atoms with Crippen molar-refractivity contribution >= 4 is 5.97 Å². The zero-order valence-corrected chi connectivity index (χ0v) is 14.4. The molecule has 0 radical (unpaired) electrons. The lowest BCUT2D eigenvalue weighted by atomic mass is 9.97. The highest BCUT2D eigenvalue weighted by molar-refractivity contribution is 5.80. The van der Waals surface area contributed by atoms with E-state index in [1.807, 2.05) is 6.92 Å². The molecule has 124 valence electrons. The molecule has 1 saturated heterocycles. The van der Waals surface area contributed by atoms with E-state index < -0.39 is 5.54 Å². The highest BCUT2D eigenvalue weighted by atomic mass is 16.5. The number of methoxy groups -OCH3 is 1. The first kappa shape index (κ1) is 18.4. The maximum atomic E-state index is 12.1. The summed E-state index contributed by atoms with van der Waals surface area (Å²) in [5.41, 5.74) is -0.573. The lowest BCUT2D eigenvalue weighted by molar-refractivity contribution is -0.148. The van der Waals surface area contributed by atoms with Crippen molar-refractivity contribution < 1.29 is 9.53 Å². The highest BCUT2D eigenvalue weighted by Gasteiger charge is 2.35. The number of nitrogens with zero attached hydrogens (tertiary/aromatic N) is 2. The molecule has 0 bridgehead atoms. The molecule has 2 atom stereocenters. The first-order chi connectivity index (χ1) is 9.92. The Morgan fingerprint density at radius 2 is 2.19 bits per heavy atom. The lowest BCUT2D eigenvalue weighted by Crippen LogP contribution is -2.52. The average Bonchev–Trinajstić information content (AvgIpc) is 2.88. The second-order valence-corrected chi connectivity index (χ2v) is 6.59. The maximum Gasteiger partial charge on any atom is 0.325 e. The van der Waals surface area contributed by atoms with Gasteiger partial charge in [-0.05, 0) is 59.8 Å². The topological polar surface area (TPSA) is 44.8 Å². The molecule has 1 fully saturated rings. The summed E-state index contributed by atoms with van der Waals surface area (Å²) in [7, 11) is 5.72. The van der Waals surface area contributed by atoms with Crippen LogP contribution < -0.4 is 5.32 Å². The largest absolute Gasteiger partial charge is 0.468 e. The standard InChI is InChI=1S/C16H33N3O2/c1-6-10-17-16(2,15(20)21-5)9-12-19-11-7-8-14(19)13-18(3)4/h14,17H,6-13H2,1-5H3. The molecule has 1 aliphatic rings. The summed E-state index contributed by atoms with van der Waals surface area (Å²) in [6.45, 7) is 8.10. The van der Waals surface area contributed by atoms with E-state index in [1.165, 1.54) is 20.0 Å². The van der Waals surface area contributed by atoms with Gasteiger partial charge in [-0.25, -0.2) is 0 Å². The zero-order valence-electron chi connectivity index (χ0n) is 14.4. The van der Waals surface area contributed by atoms with Crippen molar-refractivity contribution in [3.05, 3.63) is 0 Å². The van der Waals surface area contributed by atoms with Crippen molar-refractivity contribution in [3.8, 4) is 0 Å². The van der Waals surface area contributed by atoms with Gasteiger partial charge in [-0.15, -0.1) is 0 Å². The fourth-order valence-electron chi connectivity index (χ4n) is 3.07. The molecule has 0 aromatic heterocycles.